The number of hydrogen-bond acceptors (Lipinski definition) is 6. The average molecular weight is 458 g/mol. The summed E-state index contributed by atoms with van der Waals surface area (Å²) in [6.07, 6.45) is 8.62. The lowest BCUT2D eigenvalue weighted by Gasteiger charge is -2.40. The zero-order valence-electron chi connectivity index (χ0n) is 19.7. The van der Waals surface area contributed by atoms with Gasteiger partial charge in [0.25, 0.3) is 11.8 Å². The molecule has 4 heterocycles. The monoisotopic (exact) mass is 457 g/mol. The minimum absolute atomic E-state index is 0.0468. The Morgan fingerprint density at radius 3 is 2.74 bits per heavy atom. The maximum atomic E-state index is 13.3. The number of imidazole rings is 1. The number of pyridine rings is 1. The van der Waals surface area contributed by atoms with Crippen LogP contribution in [0.25, 0.3) is 0 Å². The van der Waals surface area contributed by atoms with Gasteiger partial charge in [-0.3, -0.25) is 24.5 Å². The molecule has 2 aromatic heterocycles. The molecule has 1 saturated heterocycles. The number of hydrogen-bond donors (Lipinski definition) is 1. The van der Waals surface area contributed by atoms with Crippen LogP contribution in [0.15, 0.2) is 54.0 Å². The molecule has 2 aliphatic heterocycles. The van der Waals surface area contributed by atoms with Crippen molar-refractivity contribution in [2.45, 2.75) is 25.4 Å². The van der Waals surface area contributed by atoms with Gasteiger partial charge in [-0.1, -0.05) is 6.07 Å². The SMILES string of the molecule is CN=Cc1ccc2c(c1)C(C)(C)N(c1cncc(NC3CN(C(=O)c4nccn4C)C3)c1)C2=O. The van der Waals surface area contributed by atoms with Crippen molar-refractivity contribution >= 4 is 29.4 Å². The Morgan fingerprint density at radius 1 is 1.24 bits per heavy atom. The number of carbonyl (C=O) groups excluding carboxylic acids is 2. The van der Waals surface area contributed by atoms with Crippen LogP contribution in [0.4, 0.5) is 11.4 Å². The fraction of sp³-hybridized carbons (Fsp3) is 0.320. The van der Waals surface area contributed by atoms with E-state index >= 15 is 0 Å². The van der Waals surface area contributed by atoms with E-state index in [1.54, 1.807) is 52.4 Å². The molecule has 0 atom stereocenters. The predicted molar refractivity (Wildman–Crippen MR) is 131 cm³/mol. The van der Waals surface area contributed by atoms with Gasteiger partial charge in [-0.2, -0.15) is 0 Å². The number of aromatic nitrogens is 3. The Kier molecular flexibility index (Phi) is 5.19. The molecule has 9 heteroatoms. The molecule has 2 amide bonds. The van der Waals surface area contributed by atoms with Crippen LogP contribution in [0.2, 0.25) is 0 Å². The second-order valence-corrected chi connectivity index (χ2v) is 9.24. The van der Waals surface area contributed by atoms with Gasteiger partial charge in [-0.15, -0.1) is 0 Å². The number of likely N-dealkylation sites (tertiary alicyclic amines) is 1. The Labute approximate surface area is 198 Å². The van der Waals surface area contributed by atoms with E-state index in [2.05, 4.69) is 20.3 Å². The second kappa shape index (κ2) is 8.09. The molecule has 0 bridgehead atoms. The normalized spacial score (nSPS) is 17.2. The van der Waals surface area contributed by atoms with Crippen LogP contribution in [0.3, 0.4) is 0 Å². The van der Waals surface area contributed by atoms with Crippen molar-refractivity contribution in [2.75, 3.05) is 30.4 Å². The summed E-state index contributed by atoms with van der Waals surface area (Å²) in [5.41, 5.74) is 3.63. The number of nitrogens with zero attached hydrogens (tertiary/aromatic N) is 6. The minimum atomic E-state index is -0.536. The molecular formula is C25H27N7O2. The largest absolute Gasteiger partial charge is 0.377 e. The number of rotatable bonds is 5. The summed E-state index contributed by atoms with van der Waals surface area (Å²) in [5.74, 6) is 0.311. The van der Waals surface area contributed by atoms with Crippen LogP contribution in [0.5, 0.6) is 0 Å². The summed E-state index contributed by atoms with van der Waals surface area (Å²) in [6.45, 7) is 5.24. The molecule has 1 aromatic carbocycles. The number of amides is 2. The van der Waals surface area contributed by atoms with E-state index in [-0.39, 0.29) is 17.9 Å². The van der Waals surface area contributed by atoms with E-state index in [9.17, 15) is 9.59 Å². The Balaban J connectivity index is 1.31. The summed E-state index contributed by atoms with van der Waals surface area (Å²) in [6, 6.07) is 7.85. The van der Waals surface area contributed by atoms with E-state index in [1.807, 2.05) is 45.2 Å². The highest BCUT2D eigenvalue weighted by Gasteiger charge is 2.44. The Morgan fingerprint density at radius 2 is 2.03 bits per heavy atom. The summed E-state index contributed by atoms with van der Waals surface area (Å²) in [5, 5.41) is 3.44. The van der Waals surface area contributed by atoms with Crippen LogP contribution in [-0.2, 0) is 12.6 Å². The first kappa shape index (κ1) is 21.8. The van der Waals surface area contributed by atoms with Crippen LogP contribution >= 0.6 is 0 Å². The Bertz CT molecular complexity index is 1300. The summed E-state index contributed by atoms with van der Waals surface area (Å²) in [7, 11) is 3.54. The van der Waals surface area contributed by atoms with Crippen molar-refractivity contribution in [2.24, 2.45) is 12.0 Å². The van der Waals surface area contributed by atoms with Crippen LogP contribution in [-0.4, -0.2) is 63.6 Å². The van der Waals surface area contributed by atoms with Gasteiger partial charge in [0.1, 0.15) is 0 Å². The fourth-order valence-corrected chi connectivity index (χ4v) is 4.73. The zero-order chi connectivity index (χ0) is 24.0. The van der Waals surface area contributed by atoms with Crippen LogP contribution < -0.4 is 10.2 Å². The number of carbonyl (C=O) groups is 2. The number of nitrogens with one attached hydrogen (secondary N) is 1. The predicted octanol–water partition coefficient (Wildman–Crippen LogP) is 2.70. The molecule has 0 aliphatic carbocycles. The van der Waals surface area contributed by atoms with E-state index in [0.717, 1.165) is 22.5 Å². The van der Waals surface area contributed by atoms with E-state index in [4.69, 9.17) is 0 Å². The first-order chi connectivity index (χ1) is 16.3. The smallest absolute Gasteiger partial charge is 0.289 e. The Hall–Kier alpha value is -4.01. The molecule has 9 nitrogen and oxygen atoms in total. The molecule has 2 aliphatic rings. The maximum Gasteiger partial charge on any atom is 0.289 e. The quantitative estimate of drug-likeness (QED) is 0.595. The number of aliphatic imine (C=N–C) groups is 1. The lowest BCUT2D eigenvalue weighted by Crippen LogP contribution is -2.57. The van der Waals surface area contributed by atoms with E-state index in [1.165, 1.54) is 0 Å². The van der Waals surface area contributed by atoms with Gasteiger partial charge < -0.3 is 14.8 Å². The van der Waals surface area contributed by atoms with Gasteiger partial charge in [-0.25, -0.2) is 4.98 Å². The molecule has 34 heavy (non-hydrogen) atoms. The van der Waals surface area contributed by atoms with Crippen molar-refractivity contribution in [3.63, 3.8) is 0 Å². The highest BCUT2D eigenvalue weighted by Crippen LogP contribution is 2.42. The molecule has 0 spiro atoms. The summed E-state index contributed by atoms with van der Waals surface area (Å²) in [4.78, 5) is 42.1. The van der Waals surface area contributed by atoms with Gasteiger partial charge in [0.2, 0.25) is 0 Å². The van der Waals surface area contributed by atoms with Crippen molar-refractivity contribution in [3.8, 4) is 0 Å². The first-order valence-electron chi connectivity index (χ1n) is 11.2. The van der Waals surface area contributed by atoms with Crippen molar-refractivity contribution in [1.82, 2.24) is 19.4 Å². The molecule has 1 fully saturated rings. The van der Waals surface area contributed by atoms with Gasteiger partial charge in [0.15, 0.2) is 5.82 Å². The van der Waals surface area contributed by atoms with E-state index < -0.39 is 5.54 Å². The highest BCUT2D eigenvalue weighted by atomic mass is 16.2. The third kappa shape index (κ3) is 3.53. The number of anilines is 2. The fourth-order valence-electron chi connectivity index (χ4n) is 4.73. The van der Waals surface area contributed by atoms with E-state index in [0.29, 0.717) is 24.5 Å². The first-order valence-corrected chi connectivity index (χ1v) is 11.2. The van der Waals surface area contributed by atoms with Crippen molar-refractivity contribution < 1.29 is 9.59 Å². The summed E-state index contributed by atoms with van der Waals surface area (Å²) >= 11 is 0. The van der Waals surface area contributed by atoms with Gasteiger partial charge in [0, 0.05) is 51.4 Å². The number of aryl methyl sites for hydroxylation is 1. The number of benzene rings is 1. The average Bonchev–Trinajstić information content (AvgIpc) is 3.29. The second-order valence-electron chi connectivity index (χ2n) is 9.24. The molecule has 3 aromatic rings. The molecule has 5 rings (SSSR count). The standard InChI is InChI=1S/C25H27N7O2/c1-25(2)21-9-16(11-26-3)5-6-20(21)23(33)32(25)19-10-17(12-27-13-19)29-18-14-31(15-18)24(34)22-28-7-8-30(22)4/h5-13,18,29H,14-15H2,1-4H3. The van der Waals surface area contributed by atoms with Gasteiger partial charge in [0.05, 0.1) is 35.3 Å². The maximum absolute atomic E-state index is 13.3. The minimum Gasteiger partial charge on any atom is -0.377 e. The highest BCUT2D eigenvalue weighted by molar-refractivity contribution is 6.12. The summed E-state index contributed by atoms with van der Waals surface area (Å²) < 4.78 is 1.72. The molecule has 0 radical (unpaired) electrons. The molecule has 1 N–H and O–H groups in total. The molecular weight excluding hydrogens is 430 g/mol. The van der Waals surface area contributed by atoms with Gasteiger partial charge >= 0.3 is 0 Å². The van der Waals surface area contributed by atoms with Crippen LogP contribution in [0.1, 0.15) is 46.0 Å². The lowest BCUT2D eigenvalue weighted by atomic mass is 9.92. The van der Waals surface area contributed by atoms with Crippen molar-refractivity contribution in [3.05, 3.63) is 71.6 Å². The van der Waals surface area contributed by atoms with Gasteiger partial charge in [-0.05, 0) is 43.2 Å². The lowest BCUT2D eigenvalue weighted by molar-refractivity contribution is 0.0608. The zero-order valence-corrected chi connectivity index (χ0v) is 19.7. The van der Waals surface area contributed by atoms with Crippen LogP contribution in [0, 0.1) is 0 Å². The molecule has 0 unspecified atom stereocenters. The number of fused-ring (bicyclic) bond motifs is 1. The third-order valence-electron chi connectivity index (χ3n) is 6.51. The van der Waals surface area contributed by atoms with Crippen molar-refractivity contribution in [1.29, 1.82) is 0 Å². The molecule has 0 saturated carbocycles. The topological polar surface area (TPSA) is 95.7 Å². The molecule has 174 valence electrons. The third-order valence-corrected chi connectivity index (χ3v) is 6.51.